The summed E-state index contributed by atoms with van der Waals surface area (Å²) in [4.78, 5) is 25.2. The van der Waals surface area contributed by atoms with Gasteiger partial charge in [0.2, 0.25) is 0 Å². The van der Waals surface area contributed by atoms with Crippen molar-refractivity contribution in [3.63, 3.8) is 0 Å². The van der Waals surface area contributed by atoms with Gasteiger partial charge in [0.1, 0.15) is 5.41 Å². The van der Waals surface area contributed by atoms with E-state index in [0.717, 1.165) is 0 Å². The fraction of sp³-hybridized carbons (Fsp3) is 0.636. The van der Waals surface area contributed by atoms with Gasteiger partial charge in [-0.2, -0.15) is 0 Å². The number of hydrogen-bond donors (Lipinski definition) is 2. The predicted octanol–water partition coefficient (Wildman–Crippen LogP) is -0.620. The number of urea groups is 1. The highest BCUT2D eigenvalue weighted by Gasteiger charge is 2.57. The fourth-order valence-corrected chi connectivity index (χ4v) is 2.78. The smallest absolute Gasteiger partial charge is 0.323 e. The second-order valence-corrected chi connectivity index (χ2v) is 5.23. The van der Waals surface area contributed by atoms with E-state index in [9.17, 15) is 14.7 Å². The Hall–Kier alpha value is -2.16. The number of aryl methyl sites for hydroxylation is 1. The molecule has 0 bridgehead atoms. The van der Waals surface area contributed by atoms with Crippen LogP contribution in [0.4, 0.5) is 10.6 Å². The largest absolute Gasteiger partial charge is 0.481 e. The molecule has 108 valence electrons. The van der Waals surface area contributed by atoms with Crippen molar-refractivity contribution in [2.75, 3.05) is 31.6 Å². The number of hydrogen-bond acceptors (Lipinski definition) is 5. The van der Waals surface area contributed by atoms with Gasteiger partial charge in [0.05, 0.1) is 19.4 Å². The van der Waals surface area contributed by atoms with Crippen molar-refractivity contribution in [2.24, 2.45) is 18.4 Å². The lowest BCUT2D eigenvalue weighted by Gasteiger charge is -2.22. The van der Waals surface area contributed by atoms with Crippen molar-refractivity contribution in [3.05, 3.63) is 6.20 Å². The molecule has 2 fully saturated rings. The molecule has 2 N–H and O–H groups in total. The number of likely N-dealkylation sites (tertiary alicyclic amines) is 1. The van der Waals surface area contributed by atoms with Gasteiger partial charge >= 0.3 is 12.0 Å². The summed E-state index contributed by atoms with van der Waals surface area (Å²) in [6.07, 6.45) is 1.44. The Balaban J connectivity index is 1.72. The van der Waals surface area contributed by atoms with Crippen LogP contribution in [0.3, 0.4) is 0 Å². The van der Waals surface area contributed by atoms with Crippen molar-refractivity contribution in [2.45, 2.75) is 0 Å². The Morgan fingerprint density at radius 1 is 1.60 bits per heavy atom. The minimum absolute atomic E-state index is 0.157. The van der Waals surface area contributed by atoms with Crippen molar-refractivity contribution in [1.29, 1.82) is 0 Å². The summed E-state index contributed by atoms with van der Waals surface area (Å²) in [7, 11) is 1.66. The van der Waals surface area contributed by atoms with Crippen LogP contribution < -0.4 is 5.32 Å². The molecule has 2 atom stereocenters. The van der Waals surface area contributed by atoms with Gasteiger partial charge in [0, 0.05) is 26.1 Å². The number of amides is 2. The number of rotatable bonds is 2. The van der Waals surface area contributed by atoms with Crippen LogP contribution in [0.2, 0.25) is 0 Å². The van der Waals surface area contributed by atoms with Gasteiger partial charge in [-0.1, -0.05) is 5.21 Å². The molecule has 3 heterocycles. The molecule has 0 aliphatic carbocycles. The third-order valence-electron chi connectivity index (χ3n) is 4.04. The first-order valence-electron chi connectivity index (χ1n) is 6.25. The van der Waals surface area contributed by atoms with Crippen molar-refractivity contribution in [3.8, 4) is 0 Å². The lowest BCUT2D eigenvalue weighted by atomic mass is 9.81. The van der Waals surface area contributed by atoms with Gasteiger partial charge in [-0.05, 0) is 0 Å². The maximum atomic E-state index is 12.2. The lowest BCUT2D eigenvalue weighted by molar-refractivity contribution is -0.149. The molecule has 1 aromatic rings. The topological polar surface area (TPSA) is 110 Å². The summed E-state index contributed by atoms with van der Waals surface area (Å²) in [5.41, 5.74) is -0.970. The zero-order chi connectivity index (χ0) is 14.3. The third kappa shape index (κ3) is 1.82. The molecule has 9 nitrogen and oxygen atoms in total. The van der Waals surface area contributed by atoms with Gasteiger partial charge < -0.3 is 14.7 Å². The van der Waals surface area contributed by atoms with E-state index in [-0.39, 0.29) is 25.1 Å². The molecule has 20 heavy (non-hydrogen) atoms. The van der Waals surface area contributed by atoms with Crippen LogP contribution in [0.1, 0.15) is 0 Å². The molecule has 0 aromatic carbocycles. The van der Waals surface area contributed by atoms with Crippen LogP contribution >= 0.6 is 0 Å². The molecule has 2 amide bonds. The number of fused-ring (bicyclic) bond motifs is 1. The molecular formula is C11H15N5O4. The van der Waals surface area contributed by atoms with E-state index >= 15 is 0 Å². The average Bonchev–Trinajstić information content (AvgIpc) is 3.03. The number of nitrogens with zero attached hydrogens (tertiary/aromatic N) is 4. The highest BCUT2D eigenvalue weighted by molar-refractivity contribution is 5.89. The molecule has 0 saturated carbocycles. The summed E-state index contributed by atoms with van der Waals surface area (Å²) in [5.74, 6) is -0.597. The van der Waals surface area contributed by atoms with Gasteiger partial charge in [0.15, 0.2) is 5.82 Å². The van der Waals surface area contributed by atoms with Gasteiger partial charge in [-0.25, -0.2) is 9.48 Å². The van der Waals surface area contributed by atoms with Gasteiger partial charge in [-0.3, -0.25) is 10.1 Å². The SMILES string of the molecule is Cn1nncc1NC(=O)N1C[C@@H]2COC[C@]2(C(=O)O)C1. The Morgan fingerprint density at radius 2 is 2.40 bits per heavy atom. The van der Waals surface area contributed by atoms with Crippen molar-refractivity contribution >= 4 is 17.8 Å². The summed E-state index contributed by atoms with van der Waals surface area (Å²) in [5, 5.41) is 19.5. The van der Waals surface area contributed by atoms with Crippen LogP contribution in [0.5, 0.6) is 0 Å². The molecule has 0 radical (unpaired) electrons. The number of carboxylic acid groups (broad SMARTS) is 1. The fourth-order valence-electron chi connectivity index (χ4n) is 2.78. The number of nitrogens with one attached hydrogen (secondary N) is 1. The zero-order valence-electron chi connectivity index (χ0n) is 10.9. The summed E-state index contributed by atoms with van der Waals surface area (Å²) < 4.78 is 6.70. The summed E-state index contributed by atoms with van der Waals surface area (Å²) in [6, 6.07) is -0.342. The molecule has 0 spiro atoms. The van der Waals surface area contributed by atoms with E-state index in [2.05, 4.69) is 15.6 Å². The highest BCUT2D eigenvalue weighted by Crippen LogP contribution is 2.41. The predicted molar refractivity (Wildman–Crippen MR) is 66.0 cm³/mol. The number of carboxylic acids is 1. The Bertz CT molecular complexity index is 559. The van der Waals surface area contributed by atoms with Crippen LogP contribution in [0.25, 0.3) is 0 Å². The Labute approximate surface area is 114 Å². The van der Waals surface area contributed by atoms with Crippen LogP contribution in [-0.4, -0.2) is 63.3 Å². The zero-order valence-corrected chi connectivity index (χ0v) is 10.9. The van der Waals surface area contributed by atoms with Gasteiger partial charge in [-0.15, -0.1) is 5.10 Å². The molecule has 9 heteroatoms. The monoisotopic (exact) mass is 281 g/mol. The van der Waals surface area contributed by atoms with E-state index in [1.54, 1.807) is 7.05 Å². The normalized spacial score (nSPS) is 28.4. The second kappa shape index (κ2) is 4.44. The molecule has 2 aliphatic heterocycles. The van der Waals surface area contributed by atoms with E-state index in [0.29, 0.717) is 19.0 Å². The highest BCUT2D eigenvalue weighted by atomic mass is 16.5. The minimum atomic E-state index is -0.970. The Morgan fingerprint density at radius 3 is 3.00 bits per heavy atom. The molecule has 3 rings (SSSR count). The first kappa shape index (κ1) is 12.9. The van der Waals surface area contributed by atoms with E-state index in [1.165, 1.54) is 15.8 Å². The average molecular weight is 281 g/mol. The quantitative estimate of drug-likeness (QED) is 0.747. The second-order valence-electron chi connectivity index (χ2n) is 5.23. The molecule has 2 saturated heterocycles. The van der Waals surface area contributed by atoms with Crippen molar-refractivity contribution < 1.29 is 19.4 Å². The first-order valence-corrected chi connectivity index (χ1v) is 6.25. The van der Waals surface area contributed by atoms with Crippen LogP contribution in [0.15, 0.2) is 6.20 Å². The maximum Gasteiger partial charge on any atom is 0.323 e. The Kier molecular flexibility index (Phi) is 2.85. The van der Waals surface area contributed by atoms with E-state index in [4.69, 9.17) is 4.74 Å². The standard InChI is InChI=1S/C11H15N5O4/c1-15-8(2-12-14-15)13-10(19)16-3-7-4-20-6-11(7,5-16)9(17)18/h2,7H,3-6H2,1H3,(H,13,19)(H,17,18)/t7-,11-/m1/s1. The van der Waals surface area contributed by atoms with Gasteiger partial charge in [0.25, 0.3) is 0 Å². The van der Waals surface area contributed by atoms with Crippen molar-refractivity contribution in [1.82, 2.24) is 19.9 Å². The number of ether oxygens (including phenoxy) is 1. The number of aromatic nitrogens is 3. The maximum absolute atomic E-state index is 12.2. The lowest BCUT2D eigenvalue weighted by Crippen LogP contribution is -2.41. The number of aliphatic carboxylic acids is 1. The first-order chi connectivity index (χ1) is 9.53. The molecule has 1 aromatic heterocycles. The summed E-state index contributed by atoms with van der Waals surface area (Å²) >= 11 is 0. The van der Waals surface area contributed by atoms with Crippen LogP contribution in [-0.2, 0) is 16.6 Å². The molecule has 2 aliphatic rings. The number of anilines is 1. The number of carbonyl (C=O) groups excluding carboxylic acids is 1. The molecule has 0 unspecified atom stereocenters. The number of carbonyl (C=O) groups is 2. The van der Waals surface area contributed by atoms with Crippen LogP contribution in [0, 0.1) is 11.3 Å². The minimum Gasteiger partial charge on any atom is -0.481 e. The van der Waals surface area contributed by atoms with E-state index in [1.807, 2.05) is 0 Å². The third-order valence-corrected chi connectivity index (χ3v) is 4.04. The van der Waals surface area contributed by atoms with E-state index < -0.39 is 11.4 Å². The summed E-state index contributed by atoms with van der Waals surface area (Å²) in [6.45, 7) is 1.07. The molecular weight excluding hydrogens is 266 g/mol.